The van der Waals surface area contributed by atoms with E-state index < -0.39 is 0 Å². The molecule has 0 spiro atoms. The molecule has 2 aromatic carbocycles. The van der Waals surface area contributed by atoms with Gasteiger partial charge in [0.05, 0.1) is 6.61 Å². The van der Waals surface area contributed by atoms with Gasteiger partial charge in [0.1, 0.15) is 6.61 Å². The number of rotatable bonds is 8. The van der Waals surface area contributed by atoms with Gasteiger partial charge in [-0.05, 0) is 42.6 Å². The first kappa shape index (κ1) is 18.6. The molecule has 0 aromatic heterocycles. The minimum atomic E-state index is -0.0849. The zero-order valence-electron chi connectivity index (χ0n) is 15.3. The molecule has 1 saturated heterocycles. The van der Waals surface area contributed by atoms with Gasteiger partial charge in [0.2, 0.25) is 5.91 Å². The Kier molecular flexibility index (Phi) is 7.23. The van der Waals surface area contributed by atoms with Crippen LogP contribution < -0.4 is 5.32 Å². The lowest BCUT2D eigenvalue weighted by molar-refractivity contribution is -0.126. The lowest BCUT2D eigenvalue weighted by atomic mass is 10.1. The van der Waals surface area contributed by atoms with Gasteiger partial charge in [0.15, 0.2) is 0 Å². The Morgan fingerprint density at radius 2 is 1.58 bits per heavy atom. The predicted octanol–water partition coefficient (Wildman–Crippen LogP) is 3.51. The number of ether oxygens (including phenoxy) is 1. The fourth-order valence-electron chi connectivity index (χ4n) is 3.23. The van der Waals surface area contributed by atoms with Crippen LogP contribution in [0.4, 0.5) is 0 Å². The molecule has 3 rings (SSSR count). The molecule has 138 valence electrons. The van der Waals surface area contributed by atoms with Crippen molar-refractivity contribution in [2.75, 3.05) is 19.7 Å². The standard InChI is InChI=1S/C22H28N2O2/c25-22(18-26-17-21-7-3-1-4-8-21)23-15-19-9-11-20(12-10-19)16-24-13-5-2-6-14-24/h1,3-4,7-12H,2,5-6,13-18H2,(H,23,25). The summed E-state index contributed by atoms with van der Waals surface area (Å²) < 4.78 is 5.46. The van der Waals surface area contributed by atoms with E-state index in [9.17, 15) is 4.79 Å². The highest BCUT2D eigenvalue weighted by molar-refractivity contribution is 5.77. The minimum Gasteiger partial charge on any atom is -0.367 e. The van der Waals surface area contributed by atoms with E-state index in [2.05, 4.69) is 34.5 Å². The van der Waals surface area contributed by atoms with Gasteiger partial charge in [-0.3, -0.25) is 9.69 Å². The zero-order chi connectivity index (χ0) is 18.0. The zero-order valence-corrected chi connectivity index (χ0v) is 15.3. The first-order chi connectivity index (χ1) is 12.8. The summed E-state index contributed by atoms with van der Waals surface area (Å²) in [5.41, 5.74) is 3.53. The van der Waals surface area contributed by atoms with E-state index in [1.165, 1.54) is 37.9 Å². The first-order valence-electron chi connectivity index (χ1n) is 9.48. The lowest BCUT2D eigenvalue weighted by Gasteiger charge is -2.26. The van der Waals surface area contributed by atoms with Crippen LogP contribution in [0.15, 0.2) is 54.6 Å². The van der Waals surface area contributed by atoms with Crippen LogP contribution in [0.5, 0.6) is 0 Å². The number of hydrogen-bond acceptors (Lipinski definition) is 3. The second kappa shape index (κ2) is 10.1. The molecule has 1 fully saturated rings. The van der Waals surface area contributed by atoms with Gasteiger partial charge in [-0.15, -0.1) is 0 Å². The molecule has 0 aliphatic carbocycles. The Balaban J connectivity index is 1.35. The van der Waals surface area contributed by atoms with Crippen molar-refractivity contribution < 1.29 is 9.53 Å². The minimum absolute atomic E-state index is 0.0849. The topological polar surface area (TPSA) is 41.6 Å². The highest BCUT2D eigenvalue weighted by Gasteiger charge is 2.10. The highest BCUT2D eigenvalue weighted by Crippen LogP contribution is 2.13. The number of piperidine rings is 1. The Morgan fingerprint density at radius 1 is 0.885 bits per heavy atom. The number of benzene rings is 2. The summed E-state index contributed by atoms with van der Waals surface area (Å²) in [6.07, 6.45) is 4.00. The van der Waals surface area contributed by atoms with Gasteiger partial charge in [-0.25, -0.2) is 0 Å². The summed E-state index contributed by atoms with van der Waals surface area (Å²) in [6, 6.07) is 18.4. The first-order valence-corrected chi connectivity index (χ1v) is 9.48. The van der Waals surface area contributed by atoms with E-state index in [0.717, 1.165) is 17.7 Å². The van der Waals surface area contributed by atoms with E-state index in [0.29, 0.717) is 13.2 Å². The Labute approximate surface area is 156 Å². The molecular weight excluding hydrogens is 324 g/mol. The van der Waals surface area contributed by atoms with Crippen LogP contribution in [0.1, 0.15) is 36.0 Å². The van der Waals surface area contributed by atoms with Crippen molar-refractivity contribution in [1.29, 1.82) is 0 Å². The second-order valence-corrected chi connectivity index (χ2v) is 6.91. The third-order valence-corrected chi connectivity index (χ3v) is 4.71. The van der Waals surface area contributed by atoms with Crippen LogP contribution in [0.2, 0.25) is 0 Å². The third kappa shape index (κ3) is 6.28. The van der Waals surface area contributed by atoms with Crippen LogP contribution in [0.3, 0.4) is 0 Å². The molecule has 1 aliphatic rings. The monoisotopic (exact) mass is 352 g/mol. The number of amides is 1. The maximum atomic E-state index is 11.9. The second-order valence-electron chi connectivity index (χ2n) is 6.91. The van der Waals surface area contributed by atoms with Gasteiger partial charge in [-0.2, -0.15) is 0 Å². The van der Waals surface area contributed by atoms with E-state index in [1.54, 1.807) is 0 Å². The molecule has 26 heavy (non-hydrogen) atoms. The van der Waals surface area contributed by atoms with Crippen molar-refractivity contribution in [3.8, 4) is 0 Å². The fraction of sp³-hybridized carbons (Fsp3) is 0.409. The summed E-state index contributed by atoms with van der Waals surface area (Å²) in [4.78, 5) is 14.4. The average molecular weight is 352 g/mol. The quantitative estimate of drug-likeness (QED) is 0.790. The molecule has 1 amide bonds. The van der Waals surface area contributed by atoms with Crippen LogP contribution in [-0.2, 0) is 29.2 Å². The number of likely N-dealkylation sites (tertiary alicyclic amines) is 1. The maximum Gasteiger partial charge on any atom is 0.246 e. The number of nitrogens with one attached hydrogen (secondary N) is 1. The van der Waals surface area contributed by atoms with Gasteiger partial charge in [0.25, 0.3) is 0 Å². The average Bonchev–Trinajstić information content (AvgIpc) is 2.69. The van der Waals surface area contributed by atoms with Crippen molar-refractivity contribution in [3.05, 3.63) is 71.3 Å². The molecule has 1 aliphatic heterocycles. The highest BCUT2D eigenvalue weighted by atomic mass is 16.5. The molecule has 4 nitrogen and oxygen atoms in total. The SMILES string of the molecule is O=C(COCc1ccccc1)NCc1ccc(CN2CCCCC2)cc1. The number of hydrogen-bond donors (Lipinski definition) is 1. The lowest BCUT2D eigenvalue weighted by Crippen LogP contribution is -2.29. The molecule has 0 radical (unpaired) electrons. The van der Waals surface area contributed by atoms with Crippen LogP contribution in [0, 0.1) is 0 Å². The van der Waals surface area contributed by atoms with Gasteiger partial charge in [0, 0.05) is 13.1 Å². The van der Waals surface area contributed by atoms with E-state index in [-0.39, 0.29) is 12.5 Å². The van der Waals surface area contributed by atoms with Crippen molar-refractivity contribution in [3.63, 3.8) is 0 Å². The van der Waals surface area contributed by atoms with Gasteiger partial charge in [-0.1, -0.05) is 61.0 Å². The summed E-state index contributed by atoms with van der Waals surface area (Å²) in [5, 5.41) is 2.91. The number of carbonyl (C=O) groups is 1. The van der Waals surface area contributed by atoms with Crippen molar-refractivity contribution in [2.24, 2.45) is 0 Å². The molecule has 0 atom stereocenters. The Bertz CT molecular complexity index is 664. The van der Waals surface area contributed by atoms with Gasteiger partial charge < -0.3 is 10.1 Å². The summed E-state index contributed by atoms with van der Waals surface area (Å²) in [7, 11) is 0. The molecule has 1 heterocycles. The van der Waals surface area contributed by atoms with Crippen molar-refractivity contribution >= 4 is 5.91 Å². The Hall–Kier alpha value is -2.17. The third-order valence-electron chi connectivity index (χ3n) is 4.71. The molecule has 2 aromatic rings. The molecule has 1 N–H and O–H groups in total. The molecule has 4 heteroatoms. The van der Waals surface area contributed by atoms with Crippen molar-refractivity contribution in [2.45, 2.75) is 39.0 Å². The number of carbonyl (C=O) groups excluding carboxylic acids is 1. The normalized spacial score (nSPS) is 14.9. The van der Waals surface area contributed by atoms with Gasteiger partial charge >= 0.3 is 0 Å². The molecular formula is C22H28N2O2. The maximum absolute atomic E-state index is 11.9. The summed E-state index contributed by atoms with van der Waals surface area (Å²) >= 11 is 0. The smallest absolute Gasteiger partial charge is 0.246 e. The van der Waals surface area contributed by atoms with E-state index in [1.807, 2.05) is 30.3 Å². The molecule has 0 bridgehead atoms. The fourth-order valence-corrected chi connectivity index (χ4v) is 3.23. The predicted molar refractivity (Wildman–Crippen MR) is 104 cm³/mol. The van der Waals surface area contributed by atoms with E-state index in [4.69, 9.17) is 4.74 Å². The largest absolute Gasteiger partial charge is 0.367 e. The van der Waals surface area contributed by atoms with E-state index >= 15 is 0 Å². The summed E-state index contributed by atoms with van der Waals surface area (Å²) in [6.45, 7) is 4.53. The summed E-state index contributed by atoms with van der Waals surface area (Å²) in [5.74, 6) is -0.0849. The molecule has 0 saturated carbocycles. The number of nitrogens with zero attached hydrogens (tertiary/aromatic N) is 1. The molecule has 0 unspecified atom stereocenters. The van der Waals surface area contributed by atoms with Crippen LogP contribution >= 0.6 is 0 Å². The Morgan fingerprint density at radius 3 is 2.31 bits per heavy atom. The van der Waals surface area contributed by atoms with Crippen molar-refractivity contribution in [1.82, 2.24) is 10.2 Å². The van der Waals surface area contributed by atoms with Crippen LogP contribution in [-0.4, -0.2) is 30.5 Å². The van der Waals surface area contributed by atoms with Crippen LogP contribution in [0.25, 0.3) is 0 Å².